The van der Waals surface area contributed by atoms with Crippen LogP contribution in [-0.2, 0) is 0 Å². The molecule has 1 heterocycles. The fourth-order valence-electron chi connectivity index (χ4n) is 2.88. The number of likely N-dealkylation sites (tertiary alicyclic amines) is 1. The van der Waals surface area contributed by atoms with Gasteiger partial charge in [-0.15, -0.1) is 0 Å². The van der Waals surface area contributed by atoms with E-state index in [-0.39, 0.29) is 12.5 Å². The van der Waals surface area contributed by atoms with Crippen molar-refractivity contribution in [3.8, 4) is 11.8 Å². The van der Waals surface area contributed by atoms with Crippen molar-refractivity contribution in [1.29, 1.82) is 0 Å². The van der Waals surface area contributed by atoms with E-state index in [1.807, 2.05) is 29.2 Å². The highest BCUT2D eigenvalue weighted by atomic mass is 16.2. The van der Waals surface area contributed by atoms with Crippen LogP contribution in [0.15, 0.2) is 24.3 Å². The third-order valence-corrected chi connectivity index (χ3v) is 3.95. The highest BCUT2D eigenvalue weighted by Gasteiger charge is 2.31. The lowest BCUT2D eigenvalue weighted by atomic mass is 10.0. The van der Waals surface area contributed by atoms with Gasteiger partial charge < -0.3 is 10.0 Å². The van der Waals surface area contributed by atoms with Crippen molar-refractivity contribution in [3.05, 3.63) is 35.4 Å². The SMILES string of the molecule is CC(C)C1CCCN1C(=O)c1ccccc1C#CCCO. The van der Waals surface area contributed by atoms with Crippen LogP contribution in [0.2, 0.25) is 0 Å². The zero-order valence-electron chi connectivity index (χ0n) is 12.8. The summed E-state index contributed by atoms with van der Waals surface area (Å²) in [6, 6.07) is 7.82. The highest BCUT2D eigenvalue weighted by Crippen LogP contribution is 2.26. The van der Waals surface area contributed by atoms with Gasteiger partial charge in [-0.1, -0.05) is 37.8 Å². The lowest BCUT2D eigenvalue weighted by molar-refractivity contribution is 0.0701. The van der Waals surface area contributed by atoms with E-state index in [1.54, 1.807) is 0 Å². The minimum absolute atomic E-state index is 0.0463. The first kappa shape index (κ1) is 15.6. The number of aliphatic hydroxyl groups excluding tert-OH is 1. The molecule has 0 spiro atoms. The van der Waals surface area contributed by atoms with Gasteiger partial charge in [-0.05, 0) is 30.9 Å². The first-order valence-corrected chi connectivity index (χ1v) is 7.65. The zero-order chi connectivity index (χ0) is 15.2. The van der Waals surface area contributed by atoms with Crippen LogP contribution >= 0.6 is 0 Å². The number of carbonyl (C=O) groups excluding carboxylic acids is 1. The maximum atomic E-state index is 12.8. The minimum atomic E-state index is 0.0463. The second-order valence-electron chi connectivity index (χ2n) is 5.77. The molecule has 112 valence electrons. The predicted molar refractivity (Wildman–Crippen MR) is 83.9 cm³/mol. The quantitative estimate of drug-likeness (QED) is 0.867. The lowest BCUT2D eigenvalue weighted by Gasteiger charge is -2.28. The molecule has 1 amide bonds. The van der Waals surface area contributed by atoms with Gasteiger partial charge >= 0.3 is 0 Å². The van der Waals surface area contributed by atoms with Crippen LogP contribution in [0.3, 0.4) is 0 Å². The molecule has 1 N–H and O–H groups in total. The monoisotopic (exact) mass is 285 g/mol. The molecule has 0 aliphatic carbocycles. The third-order valence-electron chi connectivity index (χ3n) is 3.95. The van der Waals surface area contributed by atoms with Crippen molar-refractivity contribution in [3.63, 3.8) is 0 Å². The highest BCUT2D eigenvalue weighted by molar-refractivity contribution is 5.97. The van der Waals surface area contributed by atoms with E-state index in [0.717, 1.165) is 24.9 Å². The Labute approximate surface area is 127 Å². The smallest absolute Gasteiger partial charge is 0.255 e. The summed E-state index contributed by atoms with van der Waals surface area (Å²) in [7, 11) is 0. The van der Waals surface area contributed by atoms with E-state index >= 15 is 0 Å². The average molecular weight is 285 g/mol. The fraction of sp³-hybridized carbons (Fsp3) is 0.500. The Hall–Kier alpha value is -1.79. The second kappa shape index (κ2) is 7.28. The topological polar surface area (TPSA) is 40.5 Å². The lowest BCUT2D eigenvalue weighted by Crippen LogP contribution is -2.38. The van der Waals surface area contributed by atoms with Crippen LogP contribution in [0.5, 0.6) is 0 Å². The largest absolute Gasteiger partial charge is 0.395 e. The molecule has 1 saturated heterocycles. The first-order chi connectivity index (χ1) is 10.1. The van der Waals surface area contributed by atoms with Crippen molar-refractivity contribution < 1.29 is 9.90 Å². The first-order valence-electron chi connectivity index (χ1n) is 7.65. The number of carbonyl (C=O) groups is 1. The van der Waals surface area contributed by atoms with Crippen LogP contribution < -0.4 is 0 Å². The fourth-order valence-corrected chi connectivity index (χ4v) is 2.88. The zero-order valence-corrected chi connectivity index (χ0v) is 12.8. The van der Waals surface area contributed by atoms with Gasteiger partial charge in [-0.3, -0.25) is 4.79 Å². The average Bonchev–Trinajstić information content (AvgIpc) is 2.97. The molecular formula is C18H23NO2. The van der Waals surface area contributed by atoms with Crippen molar-refractivity contribution >= 4 is 5.91 Å². The maximum absolute atomic E-state index is 12.8. The standard InChI is InChI=1S/C18H23NO2/c1-14(2)17-11-7-12-19(17)18(21)16-10-4-3-8-15(16)9-5-6-13-20/h3-4,8,10,14,17,20H,6-7,11-13H2,1-2H3. The van der Waals surface area contributed by atoms with Gasteiger partial charge in [0.15, 0.2) is 0 Å². The summed E-state index contributed by atoms with van der Waals surface area (Å²) in [6.07, 6.45) is 2.59. The molecule has 1 aliphatic rings. The van der Waals surface area contributed by atoms with E-state index in [9.17, 15) is 4.79 Å². The van der Waals surface area contributed by atoms with Crippen LogP contribution in [0.25, 0.3) is 0 Å². The Morgan fingerprint density at radius 2 is 2.19 bits per heavy atom. The molecule has 1 aromatic rings. The van der Waals surface area contributed by atoms with E-state index in [0.29, 0.717) is 23.9 Å². The van der Waals surface area contributed by atoms with Gasteiger partial charge in [-0.2, -0.15) is 0 Å². The van der Waals surface area contributed by atoms with Crippen LogP contribution in [-0.4, -0.2) is 35.1 Å². The molecule has 1 atom stereocenters. The van der Waals surface area contributed by atoms with Crippen molar-refractivity contribution in [2.75, 3.05) is 13.2 Å². The van der Waals surface area contributed by atoms with Gasteiger partial charge in [0, 0.05) is 24.6 Å². The number of nitrogens with zero attached hydrogens (tertiary/aromatic N) is 1. The molecule has 0 saturated carbocycles. The van der Waals surface area contributed by atoms with Gasteiger partial charge in [0.2, 0.25) is 0 Å². The van der Waals surface area contributed by atoms with Crippen LogP contribution in [0.1, 0.15) is 49.0 Å². The summed E-state index contributed by atoms with van der Waals surface area (Å²) in [5, 5.41) is 8.81. The normalized spacial score (nSPS) is 17.7. The number of rotatable bonds is 3. The molecule has 3 nitrogen and oxygen atoms in total. The Morgan fingerprint density at radius 3 is 2.90 bits per heavy atom. The molecule has 0 radical (unpaired) electrons. The van der Waals surface area contributed by atoms with E-state index in [2.05, 4.69) is 25.7 Å². The predicted octanol–water partition coefficient (Wildman–Crippen LogP) is 2.68. The van der Waals surface area contributed by atoms with Gasteiger partial charge in [-0.25, -0.2) is 0 Å². The number of amides is 1. The molecule has 21 heavy (non-hydrogen) atoms. The molecule has 1 aliphatic heterocycles. The maximum Gasteiger partial charge on any atom is 0.255 e. The van der Waals surface area contributed by atoms with Crippen molar-refractivity contribution in [2.24, 2.45) is 5.92 Å². The summed E-state index contributed by atoms with van der Waals surface area (Å²) >= 11 is 0. The molecule has 1 fully saturated rings. The Balaban J connectivity index is 2.25. The molecule has 1 aromatic carbocycles. The van der Waals surface area contributed by atoms with E-state index < -0.39 is 0 Å². The van der Waals surface area contributed by atoms with E-state index in [4.69, 9.17) is 5.11 Å². The van der Waals surface area contributed by atoms with Crippen LogP contribution in [0.4, 0.5) is 0 Å². The molecule has 1 unspecified atom stereocenters. The Kier molecular flexibility index (Phi) is 5.41. The van der Waals surface area contributed by atoms with Crippen LogP contribution in [0, 0.1) is 17.8 Å². The second-order valence-corrected chi connectivity index (χ2v) is 5.77. The van der Waals surface area contributed by atoms with E-state index in [1.165, 1.54) is 0 Å². The molecule has 2 rings (SSSR count). The summed E-state index contributed by atoms with van der Waals surface area (Å²) in [5.74, 6) is 6.46. The molecular weight excluding hydrogens is 262 g/mol. The summed E-state index contributed by atoms with van der Waals surface area (Å²) in [6.45, 7) is 5.22. The molecule has 0 aromatic heterocycles. The Morgan fingerprint density at radius 1 is 1.43 bits per heavy atom. The minimum Gasteiger partial charge on any atom is -0.395 e. The third kappa shape index (κ3) is 3.65. The summed E-state index contributed by atoms with van der Waals surface area (Å²) in [5.41, 5.74) is 1.43. The van der Waals surface area contributed by atoms with Crippen molar-refractivity contribution in [1.82, 2.24) is 4.90 Å². The Bertz CT molecular complexity index is 554. The van der Waals surface area contributed by atoms with Crippen molar-refractivity contribution in [2.45, 2.75) is 39.2 Å². The van der Waals surface area contributed by atoms with Gasteiger partial charge in [0.1, 0.15) is 0 Å². The number of aliphatic hydroxyl groups is 1. The summed E-state index contributed by atoms with van der Waals surface area (Å²) in [4.78, 5) is 14.8. The summed E-state index contributed by atoms with van der Waals surface area (Å²) < 4.78 is 0. The molecule has 3 heteroatoms. The number of benzene rings is 1. The number of hydrogen-bond donors (Lipinski definition) is 1. The molecule has 0 bridgehead atoms. The van der Waals surface area contributed by atoms with Gasteiger partial charge in [0.05, 0.1) is 12.2 Å². The van der Waals surface area contributed by atoms with Gasteiger partial charge in [0.25, 0.3) is 5.91 Å². The number of hydrogen-bond acceptors (Lipinski definition) is 2.